The highest BCUT2D eigenvalue weighted by molar-refractivity contribution is 7.99. The molecule has 0 aliphatic heterocycles. The van der Waals surface area contributed by atoms with Crippen molar-refractivity contribution in [2.75, 3.05) is 11.1 Å². The van der Waals surface area contributed by atoms with Crippen molar-refractivity contribution in [1.82, 2.24) is 9.97 Å². The molecule has 2 aromatic rings. The molecule has 0 unspecified atom stereocenters. The molecule has 1 aromatic carbocycles. The zero-order valence-corrected chi connectivity index (χ0v) is 10.8. The minimum Gasteiger partial charge on any atom is -0.325 e. The Labute approximate surface area is 114 Å². The van der Waals surface area contributed by atoms with Gasteiger partial charge in [-0.15, -0.1) is 0 Å². The van der Waals surface area contributed by atoms with E-state index in [2.05, 4.69) is 21.5 Å². The highest BCUT2D eigenvalue weighted by Gasteiger charge is 2.04. The van der Waals surface area contributed by atoms with E-state index in [-0.39, 0.29) is 11.7 Å². The smallest absolute Gasteiger partial charge is 0.234 e. The largest absolute Gasteiger partial charge is 0.325 e. The third kappa shape index (κ3) is 4.01. The molecule has 0 fully saturated rings. The van der Waals surface area contributed by atoms with Crippen molar-refractivity contribution < 1.29 is 4.79 Å². The number of amides is 1. The number of hydrogen-bond acceptors (Lipinski definition) is 4. The van der Waals surface area contributed by atoms with Crippen LogP contribution in [0.15, 0.2) is 41.7 Å². The highest BCUT2D eigenvalue weighted by Crippen LogP contribution is 2.15. The van der Waals surface area contributed by atoms with E-state index in [0.29, 0.717) is 15.9 Å². The van der Waals surface area contributed by atoms with Crippen LogP contribution in [0.5, 0.6) is 0 Å². The SMILES string of the molecule is O=C(CSc1n[c]ccn1)Nc1ccc(Cl)cc1. The monoisotopic (exact) mass is 278 g/mol. The van der Waals surface area contributed by atoms with E-state index in [0.717, 1.165) is 0 Å². The predicted octanol–water partition coefficient (Wildman–Crippen LogP) is 2.66. The molecular weight excluding hydrogens is 270 g/mol. The summed E-state index contributed by atoms with van der Waals surface area (Å²) in [6.07, 6.45) is 4.25. The average molecular weight is 279 g/mol. The molecule has 4 nitrogen and oxygen atoms in total. The van der Waals surface area contributed by atoms with Crippen molar-refractivity contribution in [1.29, 1.82) is 0 Å². The Morgan fingerprint density at radius 3 is 2.83 bits per heavy atom. The lowest BCUT2D eigenvalue weighted by Crippen LogP contribution is -2.14. The molecule has 0 bridgehead atoms. The van der Waals surface area contributed by atoms with E-state index in [1.165, 1.54) is 11.8 Å². The summed E-state index contributed by atoms with van der Waals surface area (Å²) >= 11 is 7.01. The molecule has 0 aliphatic carbocycles. The Morgan fingerprint density at radius 2 is 2.17 bits per heavy atom. The maximum Gasteiger partial charge on any atom is 0.234 e. The van der Waals surface area contributed by atoms with Crippen LogP contribution in [0.3, 0.4) is 0 Å². The van der Waals surface area contributed by atoms with Crippen molar-refractivity contribution in [2.45, 2.75) is 5.16 Å². The first-order valence-corrected chi connectivity index (χ1v) is 6.48. The number of anilines is 1. The Balaban J connectivity index is 1.84. The summed E-state index contributed by atoms with van der Waals surface area (Å²) in [6.45, 7) is 0. The van der Waals surface area contributed by atoms with Crippen LogP contribution < -0.4 is 5.32 Å². The van der Waals surface area contributed by atoms with Crippen molar-refractivity contribution in [3.63, 3.8) is 0 Å². The maximum absolute atomic E-state index is 11.6. The molecule has 0 atom stereocenters. The second-order valence-electron chi connectivity index (χ2n) is 3.31. The van der Waals surface area contributed by atoms with Gasteiger partial charge in [0.05, 0.1) is 11.9 Å². The molecule has 18 heavy (non-hydrogen) atoms. The first-order chi connectivity index (χ1) is 8.74. The topological polar surface area (TPSA) is 54.9 Å². The summed E-state index contributed by atoms with van der Waals surface area (Å²) in [6, 6.07) is 8.55. The molecule has 2 rings (SSSR count). The fourth-order valence-electron chi connectivity index (χ4n) is 1.19. The molecule has 0 spiro atoms. The third-order valence-electron chi connectivity index (χ3n) is 1.95. The maximum atomic E-state index is 11.6. The van der Waals surface area contributed by atoms with E-state index >= 15 is 0 Å². The van der Waals surface area contributed by atoms with Crippen LogP contribution >= 0.6 is 23.4 Å². The summed E-state index contributed by atoms with van der Waals surface area (Å²) in [5.74, 6) is 0.135. The number of nitrogens with zero attached hydrogens (tertiary/aromatic N) is 2. The lowest BCUT2D eigenvalue weighted by atomic mass is 10.3. The molecule has 91 valence electrons. The molecule has 1 radical (unpaired) electrons. The number of benzene rings is 1. The quantitative estimate of drug-likeness (QED) is 0.690. The molecule has 0 saturated heterocycles. The number of carbonyl (C=O) groups is 1. The van der Waals surface area contributed by atoms with Crippen LogP contribution in [0, 0.1) is 6.20 Å². The fraction of sp³-hybridized carbons (Fsp3) is 0.0833. The molecule has 0 saturated carbocycles. The number of aromatic nitrogens is 2. The van der Waals surface area contributed by atoms with E-state index in [1.807, 2.05) is 0 Å². The van der Waals surface area contributed by atoms with E-state index in [1.54, 1.807) is 36.5 Å². The van der Waals surface area contributed by atoms with E-state index < -0.39 is 0 Å². The average Bonchev–Trinajstić information content (AvgIpc) is 2.40. The van der Waals surface area contributed by atoms with Gasteiger partial charge in [-0.3, -0.25) is 4.79 Å². The lowest BCUT2D eigenvalue weighted by Gasteiger charge is -2.04. The number of hydrogen-bond donors (Lipinski definition) is 1. The first-order valence-electron chi connectivity index (χ1n) is 5.11. The molecule has 1 heterocycles. The number of carbonyl (C=O) groups excluding carboxylic acids is 1. The first kappa shape index (κ1) is 12.9. The molecule has 1 N–H and O–H groups in total. The van der Waals surface area contributed by atoms with Crippen LogP contribution in [0.1, 0.15) is 0 Å². The Bertz CT molecular complexity index is 519. The van der Waals surface area contributed by atoms with Crippen molar-refractivity contribution >= 4 is 35.0 Å². The Kier molecular flexibility index (Phi) is 4.55. The third-order valence-corrected chi connectivity index (χ3v) is 3.07. The van der Waals surface area contributed by atoms with Gasteiger partial charge in [-0.05, 0) is 30.3 Å². The summed E-state index contributed by atoms with van der Waals surface area (Å²) in [4.78, 5) is 19.5. The van der Waals surface area contributed by atoms with Crippen LogP contribution in [0.4, 0.5) is 5.69 Å². The predicted molar refractivity (Wildman–Crippen MR) is 71.7 cm³/mol. The standard InChI is InChI=1S/C12H9ClN3OS/c13-9-2-4-10(5-3-9)16-11(17)8-18-12-14-6-1-7-15-12/h1-6H,8H2,(H,16,17). The van der Waals surface area contributed by atoms with E-state index in [9.17, 15) is 4.79 Å². The second-order valence-corrected chi connectivity index (χ2v) is 4.69. The fourth-order valence-corrected chi connectivity index (χ4v) is 1.90. The van der Waals surface area contributed by atoms with Gasteiger partial charge < -0.3 is 5.32 Å². The zero-order valence-electron chi connectivity index (χ0n) is 9.26. The van der Waals surface area contributed by atoms with Crippen LogP contribution in [-0.4, -0.2) is 21.6 Å². The van der Waals surface area contributed by atoms with Crippen LogP contribution in [0.2, 0.25) is 5.02 Å². The van der Waals surface area contributed by atoms with Gasteiger partial charge in [0.25, 0.3) is 0 Å². The Morgan fingerprint density at radius 1 is 1.39 bits per heavy atom. The lowest BCUT2D eigenvalue weighted by molar-refractivity contribution is -0.113. The number of nitrogens with one attached hydrogen (secondary N) is 1. The minimum absolute atomic E-state index is 0.116. The normalized spacial score (nSPS) is 10.1. The zero-order chi connectivity index (χ0) is 12.8. The van der Waals surface area contributed by atoms with Gasteiger partial charge in [0.1, 0.15) is 0 Å². The van der Waals surface area contributed by atoms with Gasteiger partial charge >= 0.3 is 0 Å². The van der Waals surface area contributed by atoms with Gasteiger partial charge in [-0.25, -0.2) is 9.97 Å². The van der Waals surface area contributed by atoms with Gasteiger partial charge in [0.15, 0.2) is 5.16 Å². The summed E-state index contributed by atoms with van der Waals surface area (Å²) in [5.41, 5.74) is 0.713. The Hall–Kier alpha value is -1.59. The summed E-state index contributed by atoms with van der Waals surface area (Å²) in [7, 11) is 0. The molecule has 0 aliphatic rings. The summed E-state index contributed by atoms with van der Waals surface area (Å²) in [5, 5.41) is 3.92. The van der Waals surface area contributed by atoms with Crippen molar-refractivity contribution in [3.05, 3.63) is 47.7 Å². The van der Waals surface area contributed by atoms with Crippen molar-refractivity contribution in [2.24, 2.45) is 0 Å². The molecular formula is C12H9ClN3OS. The van der Waals surface area contributed by atoms with Crippen LogP contribution in [0.25, 0.3) is 0 Å². The summed E-state index contributed by atoms with van der Waals surface area (Å²) < 4.78 is 0. The molecule has 1 aromatic heterocycles. The van der Waals surface area contributed by atoms with Crippen molar-refractivity contribution in [3.8, 4) is 0 Å². The minimum atomic E-state index is -0.116. The number of thioether (sulfide) groups is 1. The number of halogens is 1. The molecule has 6 heteroatoms. The second kappa shape index (κ2) is 6.37. The highest BCUT2D eigenvalue weighted by atomic mass is 35.5. The number of rotatable bonds is 4. The van der Waals surface area contributed by atoms with Crippen LogP contribution in [-0.2, 0) is 4.79 Å². The molecule has 1 amide bonds. The van der Waals surface area contributed by atoms with Gasteiger partial charge in [-0.2, -0.15) is 0 Å². The van der Waals surface area contributed by atoms with E-state index in [4.69, 9.17) is 11.6 Å². The van der Waals surface area contributed by atoms with Gasteiger partial charge in [0, 0.05) is 16.9 Å². The van der Waals surface area contributed by atoms with Gasteiger partial charge in [0.2, 0.25) is 5.91 Å². The van der Waals surface area contributed by atoms with Gasteiger partial charge in [-0.1, -0.05) is 23.4 Å².